The number of aromatic nitrogens is 3. The number of rotatable bonds is 4. The summed E-state index contributed by atoms with van der Waals surface area (Å²) < 4.78 is 40.8. The third-order valence-corrected chi connectivity index (χ3v) is 4.95. The van der Waals surface area contributed by atoms with Crippen molar-refractivity contribution in [3.05, 3.63) is 64.1 Å². The molecule has 2 radical (unpaired) electrons. The van der Waals surface area contributed by atoms with Gasteiger partial charge in [-0.1, -0.05) is 28.7 Å². The average molecular weight is 520 g/mol. The fourth-order valence-electron chi connectivity index (χ4n) is 2.98. The molecule has 36 heavy (non-hydrogen) atoms. The van der Waals surface area contributed by atoms with E-state index in [4.69, 9.17) is 19.4 Å². The van der Waals surface area contributed by atoms with Crippen molar-refractivity contribution in [3.8, 4) is 5.82 Å². The van der Waals surface area contributed by atoms with Crippen LogP contribution in [0.15, 0.2) is 36.5 Å². The molecule has 0 aliphatic carbocycles. The Hall–Kier alpha value is -4.07. The fourth-order valence-corrected chi connectivity index (χ4v) is 3.18. The summed E-state index contributed by atoms with van der Waals surface area (Å²) >= 11 is 6.06. The number of alkyl halides is 3. The van der Waals surface area contributed by atoms with Gasteiger partial charge in [0.15, 0.2) is 11.5 Å². The lowest BCUT2D eigenvalue weighted by Crippen LogP contribution is -2.46. The molecule has 2 aromatic heterocycles. The number of carbonyl (C=O) groups excluding carboxylic acids is 3. The number of urea groups is 1. The average Bonchev–Trinajstić information content (AvgIpc) is 3.25. The lowest BCUT2D eigenvalue weighted by Gasteiger charge is -2.17. The minimum absolute atomic E-state index is 0.0505. The number of hydrazine groups is 1. The number of carbonyl (C=O) groups is 3. The molecule has 2 heterocycles. The van der Waals surface area contributed by atoms with E-state index >= 15 is 0 Å². The maximum absolute atomic E-state index is 13.4. The summed E-state index contributed by atoms with van der Waals surface area (Å²) in [6.45, 7) is 1.63. The van der Waals surface area contributed by atoms with Crippen molar-refractivity contribution in [3.63, 3.8) is 0 Å². The Labute approximate surface area is 209 Å². The SMILES string of the molecule is [B]c1cc(C)cc(C(=O)NNC(=O)N(C)C)c1NC(=O)c1cc(C(F)(F)F)nn1-c1ncccc1Cl. The molecule has 0 saturated heterocycles. The van der Waals surface area contributed by atoms with Crippen LogP contribution in [0.1, 0.15) is 32.1 Å². The summed E-state index contributed by atoms with van der Waals surface area (Å²) in [5.74, 6) is -2.14. The molecule has 4 amide bonds. The van der Waals surface area contributed by atoms with Crippen LogP contribution in [-0.4, -0.2) is 59.5 Å². The first-order chi connectivity index (χ1) is 16.8. The summed E-state index contributed by atoms with van der Waals surface area (Å²) in [4.78, 5) is 42.7. The van der Waals surface area contributed by atoms with Gasteiger partial charge in [-0.15, -0.1) is 0 Å². The number of benzene rings is 1. The van der Waals surface area contributed by atoms with Crippen molar-refractivity contribution in [1.82, 2.24) is 30.5 Å². The zero-order valence-corrected chi connectivity index (χ0v) is 19.8. The molecule has 0 bridgehead atoms. The third kappa shape index (κ3) is 5.76. The summed E-state index contributed by atoms with van der Waals surface area (Å²) in [6.07, 6.45) is -3.61. The van der Waals surface area contributed by atoms with Crippen LogP contribution >= 0.6 is 11.6 Å². The minimum Gasteiger partial charge on any atom is -0.330 e. The number of anilines is 1. The largest absolute Gasteiger partial charge is 0.435 e. The Bertz CT molecular complexity index is 1340. The number of hydrogen-bond acceptors (Lipinski definition) is 5. The van der Waals surface area contributed by atoms with Gasteiger partial charge >= 0.3 is 12.2 Å². The Balaban J connectivity index is 2.03. The van der Waals surface area contributed by atoms with Crippen LogP contribution in [0, 0.1) is 6.92 Å². The van der Waals surface area contributed by atoms with Crippen LogP contribution in [0.5, 0.6) is 0 Å². The van der Waals surface area contributed by atoms with Gasteiger partial charge in [0.2, 0.25) is 0 Å². The fraction of sp³-hybridized carbons (Fsp3) is 0.190. The molecule has 0 spiro atoms. The second-order valence-electron chi connectivity index (χ2n) is 7.64. The van der Waals surface area contributed by atoms with Crippen LogP contribution in [0.3, 0.4) is 0 Å². The standard InChI is InChI=1S/C21H18BClF3N7O3/c1-10-7-11(18(34)29-30-20(36)32(2)3)16(12(22)8-10)28-19(35)14-9-15(21(24,25)26)31-33(14)17-13(23)5-4-6-27-17/h4-9H,1-3H3,(H,28,35)(H,29,34)(H,30,36). The lowest BCUT2D eigenvalue weighted by molar-refractivity contribution is -0.141. The topological polar surface area (TPSA) is 121 Å². The smallest absolute Gasteiger partial charge is 0.330 e. The summed E-state index contributed by atoms with van der Waals surface area (Å²) in [5.41, 5.74) is 2.53. The van der Waals surface area contributed by atoms with Gasteiger partial charge in [-0.05, 0) is 25.1 Å². The van der Waals surface area contributed by atoms with Crippen LogP contribution < -0.4 is 21.6 Å². The van der Waals surface area contributed by atoms with E-state index in [0.717, 1.165) is 4.90 Å². The molecule has 0 aliphatic rings. The monoisotopic (exact) mass is 519 g/mol. The second kappa shape index (κ2) is 10.3. The Morgan fingerprint density at radius 1 is 1.11 bits per heavy atom. The third-order valence-electron chi connectivity index (χ3n) is 4.66. The number of amides is 4. The first-order valence-corrected chi connectivity index (χ1v) is 10.4. The van der Waals surface area contributed by atoms with E-state index in [0.29, 0.717) is 16.3 Å². The molecule has 0 atom stereocenters. The zero-order valence-electron chi connectivity index (χ0n) is 19.1. The number of nitrogens with zero attached hydrogens (tertiary/aromatic N) is 4. The van der Waals surface area contributed by atoms with Crippen molar-refractivity contribution in [1.29, 1.82) is 0 Å². The van der Waals surface area contributed by atoms with Gasteiger partial charge in [0.25, 0.3) is 11.8 Å². The molecule has 15 heteroatoms. The molecule has 186 valence electrons. The number of pyridine rings is 1. The minimum atomic E-state index is -4.87. The first-order valence-electron chi connectivity index (χ1n) is 10.1. The van der Waals surface area contributed by atoms with Crippen LogP contribution in [-0.2, 0) is 6.18 Å². The molecular formula is C21H18BClF3N7O3. The molecule has 3 aromatic rings. The molecule has 3 rings (SSSR count). The van der Waals surface area contributed by atoms with Gasteiger partial charge in [-0.2, -0.15) is 18.3 Å². The van der Waals surface area contributed by atoms with E-state index in [-0.39, 0.29) is 27.6 Å². The summed E-state index contributed by atoms with van der Waals surface area (Å²) in [5, 5.41) is 5.76. The van der Waals surface area contributed by atoms with Crippen molar-refractivity contribution in [2.75, 3.05) is 19.4 Å². The van der Waals surface area contributed by atoms with Crippen molar-refractivity contribution < 1.29 is 27.6 Å². The number of hydrogen-bond donors (Lipinski definition) is 3. The molecule has 0 unspecified atom stereocenters. The lowest BCUT2D eigenvalue weighted by atomic mass is 9.89. The number of halogens is 4. The van der Waals surface area contributed by atoms with Gasteiger partial charge in [0.1, 0.15) is 13.5 Å². The van der Waals surface area contributed by atoms with Gasteiger partial charge in [-0.25, -0.2) is 19.9 Å². The predicted octanol–water partition coefficient (Wildman–Crippen LogP) is 2.21. The van der Waals surface area contributed by atoms with E-state index < -0.39 is 35.4 Å². The zero-order chi connectivity index (χ0) is 26.8. The molecule has 3 N–H and O–H groups in total. The second-order valence-corrected chi connectivity index (χ2v) is 8.05. The highest BCUT2D eigenvalue weighted by Gasteiger charge is 2.36. The van der Waals surface area contributed by atoms with Gasteiger partial charge in [-0.3, -0.25) is 15.0 Å². The normalized spacial score (nSPS) is 11.1. The molecule has 0 aliphatic heterocycles. The van der Waals surface area contributed by atoms with Crippen LogP contribution in [0.4, 0.5) is 23.7 Å². The highest BCUT2D eigenvalue weighted by molar-refractivity contribution is 6.38. The van der Waals surface area contributed by atoms with E-state index in [1.165, 1.54) is 44.6 Å². The highest BCUT2D eigenvalue weighted by Crippen LogP contribution is 2.30. The molecule has 0 fully saturated rings. The molecule has 1 aromatic carbocycles. The molecule has 10 nitrogen and oxygen atoms in total. The van der Waals surface area contributed by atoms with E-state index in [2.05, 4.69) is 26.3 Å². The Morgan fingerprint density at radius 2 is 1.81 bits per heavy atom. The summed E-state index contributed by atoms with van der Waals surface area (Å²) in [7, 11) is 8.91. The van der Waals surface area contributed by atoms with Gasteiger partial charge in [0.05, 0.1) is 10.6 Å². The Kier molecular flexibility index (Phi) is 7.58. The Morgan fingerprint density at radius 3 is 2.42 bits per heavy atom. The van der Waals surface area contributed by atoms with E-state index in [9.17, 15) is 27.6 Å². The highest BCUT2D eigenvalue weighted by atomic mass is 35.5. The van der Waals surface area contributed by atoms with Gasteiger partial charge in [0, 0.05) is 32.0 Å². The number of nitrogens with one attached hydrogen (secondary N) is 3. The quantitative estimate of drug-likeness (QED) is 0.361. The number of aryl methyl sites for hydroxylation is 1. The van der Waals surface area contributed by atoms with Gasteiger partial charge < -0.3 is 10.2 Å². The van der Waals surface area contributed by atoms with Crippen LogP contribution in [0.2, 0.25) is 5.02 Å². The van der Waals surface area contributed by atoms with E-state index in [1.807, 2.05) is 0 Å². The van der Waals surface area contributed by atoms with Crippen molar-refractivity contribution in [2.45, 2.75) is 13.1 Å². The van der Waals surface area contributed by atoms with Crippen molar-refractivity contribution in [2.24, 2.45) is 0 Å². The first kappa shape index (κ1) is 26.5. The maximum atomic E-state index is 13.4. The van der Waals surface area contributed by atoms with Crippen molar-refractivity contribution >= 4 is 48.4 Å². The molecular weight excluding hydrogens is 502 g/mol. The van der Waals surface area contributed by atoms with Crippen LogP contribution in [0.25, 0.3) is 5.82 Å². The maximum Gasteiger partial charge on any atom is 0.435 e. The summed E-state index contributed by atoms with van der Waals surface area (Å²) in [6, 6.07) is 5.51. The predicted molar refractivity (Wildman–Crippen MR) is 126 cm³/mol. The molecule has 0 saturated carbocycles. The van der Waals surface area contributed by atoms with E-state index in [1.54, 1.807) is 6.92 Å².